The van der Waals surface area contributed by atoms with E-state index in [1.165, 1.54) is 29.5 Å². The number of methoxy groups -OCH3 is 1. The summed E-state index contributed by atoms with van der Waals surface area (Å²) in [6.45, 7) is 0. The van der Waals surface area contributed by atoms with Gasteiger partial charge in [-0.2, -0.15) is 5.10 Å². The molecule has 0 bridgehead atoms. The highest BCUT2D eigenvalue weighted by molar-refractivity contribution is 5.92. The number of halogens is 1. The van der Waals surface area contributed by atoms with Crippen LogP contribution in [0.3, 0.4) is 0 Å². The van der Waals surface area contributed by atoms with Crippen molar-refractivity contribution in [3.63, 3.8) is 0 Å². The third-order valence-electron chi connectivity index (χ3n) is 3.44. The average Bonchev–Trinajstić information content (AvgIpc) is 3.09. The molecule has 0 aliphatic carbocycles. The number of carbonyl (C=O) groups is 1. The fraction of sp³-hybridized carbons (Fsp3) is 0.118. The Morgan fingerprint density at radius 2 is 2.12 bits per heavy atom. The SMILES string of the molecule is COc1ccccc1CC(=O)Nc1ccc(-n2cncn2)c(F)c1. The van der Waals surface area contributed by atoms with Gasteiger partial charge in [0.25, 0.3) is 0 Å². The van der Waals surface area contributed by atoms with Gasteiger partial charge in [0.2, 0.25) is 5.91 Å². The lowest BCUT2D eigenvalue weighted by Crippen LogP contribution is -2.15. The number of ether oxygens (including phenoxy) is 1. The molecule has 1 aromatic heterocycles. The molecule has 0 aliphatic heterocycles. The van der Waals surface area contributed by atoms with Crippen molar-refractivity contribution in [2.45, 2.75) is 6.42 Å². The van der Waals surface area contributed by atoms with Crippen LogP contribution in [0, 0.1) is 5.82 Å². The number of anilines is 1. The molecular weight excluding hydrogens is 311 g/mol. The Balaban J connectivity index is 1.72. The average molecular weight is 326 g/mol. The molecule has 3 aromatic rings. The molecule has 0 fully saturated rings. The molecule has 0 aliphatic rings. The van der Waals surface area contributed by atoms with E-state index in [-0.39, 0.29) is 18.0 Å². The second kappa shape index (κ2) is 6.91. The molecule has 2 aromatic carbocycles. The lowest BCUT2D eigenvalue weighted by atomic mass is 10.1. The highest BCUT2D eigenvalue weighted by Gasteiger charge is 2.11. The van der Waals surface area contributed by atoms with Crippen LogP contribution in [0.1, 0.15) is 5.56 Å². The van der Waals surface area contributed by atoms with Crippen molar-refractivity contribution in [1.29, 1.82) is 0 Å². The van der Waals surface area contributed by atoms with Gasteiger partial charge < -0.3 is 10.1 Å². The number of nitrogens with one attached hydrogen (secondary N) is 1. The van der Waals surface area contributed by atoms with Gasteiger partial charge in [0.1, 0.15) is 24.1 Å². The zero-order valence-corrected chi connectivity index (χ0v) is 12.9. The van der Waals surface area contributed by atoms with Crippen LogP contribution in [0.4, 0.5) is 10.1 Å². The van der Waals surface area contributed by atoms with E-state index in [0.717, 1.165) is 5.56 Å². The molecule has 1 N–H and O–H groups in total. The van der Waals surface area contributed by atoms with Crippen molar-refractivity contribution >= 4 is 11.6 Å². The summed E-state index contributed by atoms with van der Waals surface area (Å²) in [4.78, 5) is 15.9. The second-order valence-electron chi connectivity index (χ2n) is 5.04. The summed E-state index contributed by atoms with van der Waals surface area (Å²) in [5, 5.41) is 6.55. The standard InChI is InChI=1S/C17H15FN4O2/c1-24-16-5-3-2-4-12(16)8-17(23)21-13-6-7-15(14(18)9-13)22-11-19-10-20-22/h2-7,9-11H,8H2,1H3,(H,21,23). The topological polar surface area (TPSA) is 69.0 Å². The van der Waals surface area contributed by atoms with E-state index in [0.29, 0.717) is 11.4 Å². The number of nitrogens with zero attached hydrogens (tertiary/aromatic N) is 3. The third kappa shape index (κ3) is 3.40. The van der Waals surface area contributed by atoms with Crippen molar-refractivity contribution in [3.8, 4) is 11.4 Å². The summed E-state index contributed by atoms with van der Waals surface area (Å²) < 4.78 is 20.7. The Labute approximate surface area is 137 Å². The molecule has 0 atom stereocenters. The molecule has 1 heterocycles. The molecule has 0 saturated heterocycles. The van der Waals surface area contributed by atoms with Gasteiger partial charge >= 0.3 is 0 Å². The van der Waals surface area contributed by atoms with E-state index in [2.05, 4.69) is 15.4 Å². The number of benzene rings is 2. The molecule has 0 unspecified atom stereocenters. The normalized spacial score (nSPS) is 10.4. The maximum atomic E-state index is 14.1. The van der Waals surface area contributed by atoms with Crippen LogP contribution in [-0.2, 0) is 11.2 Å². The number of amides is 1. The first-order chi connectivity index (χ1) is 11.7. The van der Waals surface area contributed by atoms with Crippen LogP contribution < -0.4 is 10.1 Å². The molecule has 1 amide bonds. The molecule has 122 valence electrons. The molecular formula is C17H15FN4O2. The lowest BCUT2D eigenvalue weighted by Gasteiger charge is -2.10. The summed E-state index contributed by atoms with van der Waals surface area (Å²) in [6, 6.07) is 11.7. The predicted octanol–water partition coefficient (Wildman–Crippen LogP) is 2.60. The second-order valence-corrected chi connectivity index (χ2v) is 5.04. The van der Waals surface area contributed by atoms with Gasteiger partial charge in [-0.25, -0.2) is 14.1 Å². The number of para-hydroxylation sites is 1. The smallest absolute Gasteiger partial charge is 0.228 e. The first-order valence-electron chi connectivity index (χ1n) is 7.23. The first-order valence-corrected chi connectivity index (χ1v) is 7.23. The molecule has 0 radical (unpaired) electrons. The summed E-state index contributed by atoms with van der Waals surface area (Å²) in [6.07, 6.45) is 2.86. The van der Waals surface area contributed by atoms with Crippen molar-refractivity contribution < 1.29 is 13.9 Å². The quantitative estimate of drug-likeness (QED) is 0.782. The van der Waals surface area contributed by atoms with Gasteiger partial charge in [0.05, 0.1) is 13.5 Å². The van der Waals surface area contributed by atoms with Crippen LogP contribution in [0.5, 0.6) is 5.75 Å². The van der Waals surface area contributed by atoms with E-state index in [1.807, 2.05) is 18.2 Å². The molecule has 6 nitrogen and oxygen atoms in total. The van der Waals surface area contributed by atoms with Gasteiger partial charge in [0.15, 0.2) is 5.82 Å². The zero-order chi connectivity index (χ0) is 16.9. The first kappa shape index (κ1) is 15.7. The van der Waals surface area contributed by atoms with Crippen molar-refractivity contribution in [2.24, 2.45) is 0 Å². The Morgan fingerprint density at radius 3 is 2.83 bits per heavy atom. The molecule has 24 heavy (non-hydrogen) atoms. The fourth-order valence-electron chi connectivity index (χ4n) is 2.33. The summed E-state index contributed by atoms with van der Waals surface area (Å²) in [7, 11) is 1.55. The van der Waals surface area contributed by atoms with Crippen LogP contribution in [0.15, 0.2) is 55.1 Å². The van der Waals surface area contributed by atoms with Crippen LogP contribution in [-0.4, -0.2) is 27.8 Å². The van der Waals surface area contributed by atoms with Gasteiger partial charge in [-0.1, -0.05) is 18.2 Å². The monoisotopic (exact) mass is 326 g/mol. The number of hydrogen-bond donors (Lipinski definition) is 1. The van der Waals surface area contributed by atoms with Crippen molar-refractivity contribution in [3.05, 3.63) is 66.5 Å². The summed E-state index contributed by atoms with van der Waals surface area (Å²) in [5.41, 5.74) is 1.39. The van der Waals surface area contributed by atoms with Crippen LogP contribution in [0.2, 0.25) is 0 Å². The summed E-state index contributed by atoms with van der Waals surface area (Å²) >= 11 is 0. The van der Waals surface area contributed by atoms with E-state index in [1.54, 1.807) is 19.2 Å². The van der Waals surface area contributed by atoms with E-state index >= 15 is 0 Å². The molecule has 0 saturated carbocycles. The lowest BCUT2D eigenvalue weighted by molar-refractivity contribution is -0.115. The Hall–Kier alpha value is -3.22. The maximum absolute atomic E-state index is 14.1. The van der Waals surface area contributed by atoms with Crippen molar-refractivity contribution in [2.75, 3.05) is 12.4 Å². The summed E-state index contributed by atoms with van der Waals surface area (Å²) in [5.74, 6) is -0.122. The Morgan fingerprint density at radius 1 is 1.29 bits per heavy atom. The Bertz CT molecular complexity index is 850. The number of aromatic nitrogens is 3. The molecule has 7 heteroatoms. The van der Waals surface area contributed by atoms with Crippen LogP contribution in [0.25, 0.3) is 5.69 Å². The van der Waals surface area contributed by atoms with Gasteiger partial charge in [-0.3, -0.25) is 4.79 Å². The van der Waals surface area contributed by atoms with E-state index in [4.69, 9.17) is 4.74 Å². The van der Waals surface area contributed by atoms with E-state index < -0.39 is 5.82 Å². The van der Waals surface area contributed by atoms with Gasteiger partial charge in [-0.05, 0) is 24.3 Å². The third-order valence-corrected chi connectivity index (χ3v) is 3.44. The van der Waals surface area contributed by atoms with Crippen LogP contribution >= 0.6 is 0 Å². The zero-order valence-electron chi connectivity index (χ0n) is 12.9. The fourth-order valence-corrected chi connectivity index (χ4v) is 2.33. The minimum Gasteiger partial charge on any atom is -0.496 e. The molecule has 0 spiro atoms. The minimum atomic E-state index is -0.504. The highest BCUT2D eigenvalue weighted by Crippen LogP contribution is 2.20. The van der Waals surface area contributed by atoms with Gasteiger partial charge in [-0.15, -0.1) is 0 Å². The largest absolute Gasteiger partial charge is 0.496 e. The minimum absolute atomic E-state index is 0.135. The highest BCUT2D eigenvalue weighted by atomic mass is 19.1. The van der Waals surface area contributed by atoms with E-state index in [9.17, 15) is 9.18 Å². The Kier molecular flexibility index (Phi) is 4.51. The number of hydrogen-bond acceptors (Lipinski definition) is 4. The number of carbonyl (C=O) groups excluding carboxylic acids is 1. The predicted molar refractivity (Wildman–Crippen MR) is 86.6 cm³/mol. The maximum Gasteiger partial charge on any atom is 0.228 e. The molecule has 3 rings (SSSR count). The van der Waals surface area contributed by atoms with Gasteiger partial charge in [0, 0.05) is 11.3 Å². The number of rotatable bonds is 5. The van der Waals surface area contributed by atoms with Crippen molar-refractivity contribution in [1.82, 2.24) is 14.8 Å².